The van der Waals surface area contributed by atoms with Crippen LogP contribution in [0.1, 0.15) is 55.6 Å². The lowest BCUT2D eigenvalue weighted by atomic mass is 9.78. The molecule has 2 heterocycles. The number of amides is 2. The van der Waals surface area contributed by atoms with Gasteiger partial charge in [-0.1, -0.05) is 24.3 Å². The molecule has 5 nitrogen and oxygen atoms in total. The van der Waals surface area contributed by atoms with Gasteiger partial charge in [-0.25, -0.2) is 5.01 Å². The fraction of sp³-hybridized carbons (Fsp3) is 0.550. The third kappa shape index (κ3) is 3.08. The van der Waals surface area contributed by atoms with Gasteiger partial charge in [0.15, 0.2) is 0 Å². The van der Waals surface area contributed by atoms with Crippen LogP contribution in [-0.2, 0) is 16.0 Å². The van der Waals surface area contributed by atoms with Crippen molar-refractivity contribution >= 4 is 17.5 Å². The summed E-state index contributed by atoms with van der Waals surface area (Å²) in [6.07, 6.45) is 6.23. The Bertz CT molecular complexity index is 727. The molecule has 1 aliphatic carbocycles. The van der Waals surface area contributed by atoms with Crippen molar-refractivity contribution in [2.45, 2.75) is 56.9 Å². The number of hydrazone groups is 1. The molecule has 0 unspecified atom stereocenters. The van der Waals surface area contributed by atoms with E-state index in [1.807, 2.05) is 0 Å². The lowest BCUT2D eigenvalue weighted by Crippen LogP contribution is -2.40. The number of fused-ring (bicyclic) bond motifs is 1. The number of rotatable bonds is 3. The van der Waals surface area contributed by atoms with E-state index in [2.05, 4.69) is 34.3 Å². The fourth-order valence-corrected chi connectivity index (χ4v) is 4.68. The van der Waals surface area contributed by atoms with Crippen LogP contribution >= 0.6 is 0 Å². The first kappa shape index (κ1) is 16.3. The maximum absolute atomic E-state index is 12.9. The average Bonchev–Trinajstić information content (AvgIpc) is 3.21. The zero-order valence-corrected chi connectivity index (χ0v) is 14.8. The smallest absolute Gasteiger partial charge is 0.248 e. The van der Waals surface area contributed by atoms with Crippen LogP contribution in [0.2, 0.25) is 0 Å². The first-order chi connectivity index (χ1) is 12.1. The zero-order valence-electron chi connectivity index (χ0n) is 14.8. The fourth-order valence-electron chi connectivity index (χ4n) is 4.68. The predicted molar refractivity (Wildman–Crippen MR) is 96.3 cm³/mol. The maximum atomic E-state index is 12.9. The molecule has 2 amide bonds. The van der Waals surface area contributed by atoms with Crippen LogP contribution in [0, 0.1) is 0 Å². The molecule has 5 heteroatoms. The van der Waals surface area contributed by atoms with E-state index in [-0.39, 0.29) is 24.7 Å². The van der Waals surface area contributed by atoms with Crippen LogP contribution in [0.5, 0.6) is 0 Å². The summed E-state index contributed by atoms with van der Waals surface area (Å²) >= 11 is 0. The van der Waals surface area contributed by atoms with Gasteiger partial charge in [-0.2, -0.15) is 5.10 Å². The maximum Gasteiger partial charge on any atom is 0.248 e. The largest absolute Gasteiger partial charge is 0.339 e. The van der Waals surface area contributed by atoms with E-state index in [0.717, 1.165) is 32.2 Å². The van der Waals surface area contributed by atoms with E-state index in [4.69, 9.17) is 0 Å². The van der Waals surface area contributed by atoms with Gasteiger partial charge >= 0.3 is 0 Å². The summed E-state index contributed by atoms with van der Waals surface area (Å²) in [7, 11) is 1.65. The highest BCUT2D eigenvalue weighted by molar-refractivity contribution is 6.11. The SMILES string of the molecule is CN1N=C(CC(=O)N2CCC[C@@H]2[C@@H]2CCCc3ccccc32)CC1=O. The molecule has 0 bridgehead atoms. The van der Waals surface area contributed by atoms with Crippen molar-refractivity contribution < 1.29 is 9.59 Å². The molecule has 2 aliphatic heterocycles. The van der Waals surface area contributed by atoms with Crippen molar-refractivity contribution in [1.82, 2.24) is 9.91 Å². The second-order valence-electron chi connectivity index (χ2n) is 7.43. The van der Waals surface area contributed by atoms with Gasteiger partial charge in [-0.05, 0) is 43.2 Å². The Labute approximate surface area is 148 Å². The number of nitrogens with zero attached hydrogens (tertiary/aromatic N) is 3. The van der Waals surface area contributed by atoms with E-state index >= 15 is 0 Å². The molecular weight excluding hydrogens is 314 g/mol. The molecule has 0 saturated carbocycles. The van der Waals surface area contributed by atoms with E-state index in [1.54, 1.807) is 7.05 Å². The molecule has 25 heavy (non-hydrogen) atoms. The molecule has 2 atom stereocenters. The van der Waals surface area contributed by atoms with E-state index in [1.165, 1.54) is 22.6 Å². The van der Waals surface area contributed by atoms with Crippen LogP contribution in [0.3, 0.4) is 0 Å². The van der Waals surface area contributed by atoms with Crippen molar-refractivity contribution in [3.05, 3.63) is 35.4 Å². The minimum Gasteiger partial charge on any atom is -0.339 e. The first-order valence-corrected chi connectivity index (χ1v) is 9.33. The van der Waals surface area contributed by atoms with Gasteiger partial charge in [0.05, 0.1) is 18.6 Å². The second-order valence-corrected chi connectivity index (χ2v) is 7.43. The van der Waals surface area contributed by atoms with Gasteiger partial charge in [0.25, 0.3) is 0 Å². The van der Waals surface area contributed by atoms with Gasteiger partial charge in [-0.3, -0.25) is 9.59 Å². The van der Waals surface area contributed by atoms with E-state index in [9.17, 15) is 9.59 Å². The molecule has 1 aromatic rings. The summed E-state index contributed by atoms with van der Waals surface area (Å²) in [6, 6.07) is 9.01. The number of carbonyl (C=O) groups excluding carboxylic acids is 2. The molecule has 0 aromatic heterocycles. The third-order valence-corrected chi connectivity index (χ3v) is 5.86. The molecule has 1 saturated heterocycles. The average molecular weight is 339 g/mol. The normalized spacial score (nSPS) is 26.0. The summed E-state index contributed by atoms with van der Waals surface area (Å²) in [5.41, 5.74) is 3.59. The summed E-state index contributed by atoms with van der Waals surface area (Å²) in [5.74, 6) is 0.556. The van der Waals surface area contributed by atoms with Crippen LogP contribution in [0.15, 0.2) is 29.4 Å². The minimum absolute atomic E-state index is 0.0259. The number of aryl methyl sites for hydroxylation is 1. The number of hydrogen-bond donors (Lipinski definition) is 0. The van der Waals surface area contributed by atoms with Gasteiger partial charge in [0, 0.05) is 25.6 Å². The first-order valence-electron chi connectivity index (χ1n) is 9.33. The van der Waals surface area contributed by atoms with Gasteiger partial charge < -0.3 is 4.90 Å². The topological polar surface area (TPSA) is 53.0 Å². The van der Waals surface area contributed by atoms with Crippen molar-refractivity contribution in [2.24, 2.45) is 5.10 Å². The lowest BCUT2D eigenvalue weighted by Gasteiger charge is -2.35. The van der Waals surface area contributed by atoms with E-state index < -0.39 is 0 Å². The quantitative estimate of drug-likeness (QED) is 0.850. The molecular formula is C20H25N3O2. The van der Waals surface area contributed by atoms with Crippen LogP contribution in [-0.4, -0.2) is 47.1 Å². The van der Waals surface area contributed by atoms with Gasteiger partial charge in [0.1, 0.15) is 0 Å². The molecule has 3 aliphatic rings. The van der Waals surface area contributed by atoms with Crippen molar-refractivity contribution in [3.63, 3.8) is 0 Å². The Morgan fingerprint density at radius 1 is 1.24 bits per heavy atom. The Hall–Kier alpha value is -2.17. The number of likely N-dealkylation sites (tertiary alicyclic amines) is 1. The highest BCUT2D eigenvalue weighted by Gasteiger charge is 2.37. The van der Waals surface area contributed by atoms with Gasteiger partial charge in [0.2, 0.25) is 11.8 Å². The Morgan fingerprint density at radius 2 is 2.08 bits per heavy atom. The molecule has 0 spiro atoms. The van der Waals surface area contributed by atoms with Crippen molar-refractivity contribution in [2.75, 3.05) is 13.6 Å². The molecule has 132 valence electrons. The second kappa shape index (κ2) is 6.62. The highest BCUT2D eigenvalue weighted by Crippen LogP contribution is 2.39. The summed E-state index contributed by atoms with van der Waals surface area (Å²) < 4.78 is 0. The molecule has 1 aromatic carbocycles. The number of benzene rings is 1. The number of carbonyl (C=O) groups is 2. The van der Waals surface area contributed by atoms with Crippen molar-refractivity contribution in [1.29, 1.82) is 0 Å². The minimum atomic E-state index is -0.0259. The standard InChI is InChI=1S/C20H25N3O2/c1-22-19(24)12-15(21-22)13-20(25)23-11-5-10-18(23)17-9-4-7-14-6-2-3-8-16(14)17/h2-3,6,8,17-18H,4-5,7,9-13H2,1H3/t17-,18-/m1/s1. The molecule has 0 N–H and O–H groups in total. The van der Waals surface area contributed by atoms with Crippen LogP contribution in [0.4, 0.5) is 0 Å². The predicted octanol–water partition coefficient (Wildman–Crippen LogP) is 2.71. The van der Waals surface area contributed by atoms with Gasteiger partial charge in [-0.15, -0.1) is 0 Å². The lowest BCUT2D eigenvalue weighted by molar-refractivity contribution is -0.131. The monoisotopic (exact) mass is 339 g/mol. The molecule has 0 radical (unpaired) electrons. The molecule has 4 rings (SSSR count). The highest BCUT2D eigenvalue weighted by atomic mass is 16.2. The summed E-state index contributed by atoms with van der Waals surface area (Å²) in [6.45, 7) is 0.833. The van der Waals surface area contributed by atoms with Crippen LogP contribution < -0.4 is 0 Å². The van der Waals surface area contributed by atoms with Crippen LogP contribution in [0.25, 0.3) is 0 Å². The Morgan fingerprint density at radius 3 is 2.88 bits per heavy atom. The van der Waals surface area contributed by atoms with Crippen molar-refractivity contribution in [3.8, 4) is 0 Å². The van der Waals surface area contributed by atoms with E-state index in [0.29, 0.717) is 17.7 Å². The molecule has 1 fully saturated rings. The summed E-state index contributed by atoms with van der Waals surface area (Å²) in [4.78, 5) is 26.6. The zero-order chi connectivity index (χ0) is 17.4. The number of hydrogen-bond acceptors (Lipinski definition) is 3. The Balaban J connectivity index is 1.51. The third-order valence-electron chi connectivity index (χ3n) is 5.86. The Kier molecular flexibility index (Phi) is 4.32. The summed E-state index contributed by atoms with van der Waals surface area (Å²) in [5, 5.41) is 5.56.